The molecule has 0 rings (SSSR count). The molecular weight excluding hydrogens is 166 g/mol. The normalized spacial score (nSPS) is 15.7. The summed E-state index contributed by atoms with van der Waals surface area (Å²) in [5.74, 6) is 0. The van der Waals surface area contributed by atoms with E-state index < -0.39 is 5.60 Å². The number of hydrogen-bond acceptors (Lipinski definition) is 3. The van der Waals surface area contributed by atoms with Crippen molar-refractivity contribution < 1.29 is 9.84 Å². The van der Waals surface area contributed by atoms with E-state index in [1.165, 1.54) is 19.3 Å². The molecule has 3 heteroatoms. The molecule has 0 aromatic carbocycles. The molecule has 3 nitrogen and oxygen atoms in total. The zero-order valence-corrected chi connectivity index (χ0v) is 8.88. The Morgan fingerprint density at radius 3 is 2.54 bits per heavy atom. The molecule has 3 N–H and O–H groups in total. The van der Waals surface area contributed by atoms with Crippen molar-refractivity contribution in [3.05, 3.63) is 0 Å². The monoisotopic (exact) mass is 189 g/mol. The second-order valence-electron chi connectivity index (χ2n) is 3.81. The van der Waals surface area contributed by atoms with Crippen LogP contribution >= 0.6 is 0 Å². The first-order chi connectivity index (χ1) is 6.12. The summed E-state index contributed by atoms with van der Waals surface area (Å²) >= 11 is 0. The minimum absolute atomic E-state index is 0.252. The van der Waals surface area contributed by atoms with Crippen molar-refractivity contribution in [1.29, 1.82) is 0 Å². The Morgan fingerprint density at radius 2 is 2.00 bits per heavy atom. The van der Waals surface area contributed by atoms with Gasteiger partial charge in [-0.15, -0.1) is 0 Å². The lowest BCUT2D eigenvalue weighted by molar-refractivity contribution is -0.0279. The summed E-state index contributed by atoms with van der Waals surface area (Å²) in [5.41, 5.74) is 4.48. The topological polar surface area (TPSA) is 55.5 Å². The quantitative estimate of drug-likeness (QED) is 0.566. The van der Waals surface area contributed by atoms with Gasteiger partial charge < -0.3 is 15.6 Å². The molecule has 0 saturated heterocycles. The SMILES string of the molecule is CCCCCCOCC(C)(O)CN. The lowest BCUT2D eigenvalue weighted by atomic mass is 10.1. The summed E-state index contributed by atoms with van der Waals surface area (Å²) < 4.78 is 5.31. The Balaban J connectivity index is 3.16. The first-order valence-corrected chi connectivity index (χ1v) is 5.12. The van der Waals surface area contributed by atoms with Crippen LogP contribution in [0.25, 0.3) is 0 Å². The number of ether oxygens (including phenoxy) is 1. The lowest BCUT2D eigenvalue weighted by Crippen LogP contribution is -2.39. The van der Waals surface area contributed by atoms with Crippen LogP contribution in [0.15, 0.2) is 0 Å². The van der Waals surface area contributed by atoms with E-state index in [1.807, 2.05) is 0 Å². The summed E-state index contributed by atoms with van der Waals surface area (Å²) in [6.07, 6.45) is 4.78. The van der Waals surface area contributed by atoms with Gasteiger partial charge in [0.25, 0.3) is 0 Å². The maximum atomic E-state index is 9.48. The van der Waals surface area contributed by atoms with E-state index in [0.29, 0.717) is 6.61 Å². The van der Waals surface area contributed by atoms with E-state index in [2.05, 4.69) is 6.92 Å². The second kappa shape index (κ2) is 7.30. The zero-order valence-electron chi connectivity index (χ0n) is 8.88. The van der Waals surface area contributed by atoms with Crippen molar-refractivity contribution in [2.45, 2.75) is 45.1 Å². The van der Waals surface area contributed by atoms with Gasteiger partial charge >= 0.3 is 0 Å². The highest BCUT2D eigenvalue weighted by Gasteiger charge is 2.17. The van der Waals surface area contributed by atoms with Gasteiger partial charge in [0.1, 0.15) is 0 Å². The third-order valence-electron chi connectivity index (χ3n) is 1.99. The van der Waals surface area contributed by atoms with Crippen molar-refractivity contribution in [3.8, 4) is 0 Å². The largest absolute Gasteiger partial charge is 0.386 e. The van der Waals surface area contributed by atoms with Crippen LogP contribution in [0.3, 0.4) is 0 Å². The van der Waals surface area contributed by atoms with E-state index in [4.69, 9.17) is 10.5 Å². The first-order valence-electron chi connectivity index (χ1n) is 5.12. The fourth-order valence-electron chi connectivity index (χ4n) is 0.982. The van der Waals surface area contributed by atoms with Gasteiger partial charge in [0, 0.05) is 13.2 Å². The molecule has 0 aliphatic rings. The van der Waals surface area contributed by atoms with Gasteiger partial charge in [-0.05, 0) is 13.3 Å². The molecule has 0 fully saturated rings. The molecule has 0 heterocycles. The molecule has 0 aromatic heterocycles. The molecule has 1 unspecified atom stereocenters. The molecule has 0 aliphatic heterocycles. The molecule has 1 atom stereocenters. The van der Waals surface area contributed by atoms with E-state index in [9.17, 15) is 5.11 Å². The third-order valence-corrected chi connectivity index (χ3v) is 1.99. The molecule has 0 spiro atoms. The van der Waals surface area contributed by atoms with Crippen LogP contribution in [0.1, 0.15) is 39.5 Å². The summed E-state index contributed by atoms with van der Waals surface area (Å²) in [7, 11) is 0. The van der Waals surface area contributed by atoms with Gasteiger partial charge in [0.05, 0.1) is 12.2 Å². The van der Waals surface area contributed by atoms with Crippen molar-refractivity contribution in [2.75, 3.05) is 19.8 Å². The minimum Gasteiger partial charge on any atom is -0.386 e. The van der Waals surface area contributed by atoms with Crippen LogP contribution in [-0.4, -0.2) is 30.5 Å². The van der Waals surface area contributed by atoms with E-state index >= 15 is 0 Å². The summed E-state index contributed by atoms with van der Waals surface area (Å²) in [6.45, 7) is 5.20. The highest BCUT2D eigenvalue weighted by Crippen LogP contribution is 2.03. The zero-order chi connectivity index (χ0) is 10.2. The highest BCUT2D eigenvalue weighted by molar-refractivity contribution is 4.71. The number of unbranched alkanes of at least 4 members (excludes halogenated alkanes) is 3. The molecule has 0 radical (unpaired) electrons. The van der Waals surface area contributed by atoms with Crippen molar-refractivity contribution in [2.24, 2.45) is 5.73 Å². The van der Waals surface area contributed by atoms with E-state index in [-0.39, 0.29) is 6.54 Å². The molecule has 0 amide bonds. The summed E-state index contributed by atoms with van der Waals surface area (Å²) in [4.78, 5) is 0. The van der Waals surface area contributed by atoms with Crippen molar-refractivity contribution >= 4 is 0 Å². The molecule has 0 aromatic rings. The number of hydrogen-bond donors (Lipinski definition) is 2. The maximum Gasteiger partial charge on any atom is 0.0973 e. The summed E-state index contributed by atoms with van der Waals surface area (Å²) in [6, 6.07) is 0. The van der Waals surface area contributed by atoms with E-state index in [0.717, 1.165) is 13.0 Å². The fraction of sp³-hybridized carbons (Fsp3) is 1.00. The van der Waals surface area contributed by atoms with Gasteiger partial charge in [-0.25, -0.2) is 0 Å². The molecule has 13 heavy (non-hydrogen) atoms. The number of rotatable bonds is 8. The van der Waals surface area contributed by atoms with Crippen LogP contribution in [-0.2, 0) is 4.74 Å². The highest BCUT2D eigenvalue weighted by atomic mass is 16.5. The van der Waals surface area contributed by atoms with Gasteiger partial charge in [-0.1, -0.05) is 26.2 Å². The smallest absolute Gasteiger partial charge is 0.0973 e. The van der Waals surface area contributed by atoms with Crippen LogP contribution in [0.5, 0.6) is 0 Å². The third kappa shape index (κ3) is 8.22. The second-order valence-corrected chi connectivity index (χ2v) is 3.81. The van der Waals surface area contributed by atoms with Gasteiger partial charge in [-0.3, -0.25) is 0 Å². The van der Waals surface area contributed by atoms with Crippen LogP contribution < -0.4 is 5.73 Å². The average Bonchev–Trinajstić information content (AvgIpc) is 2.11. The molecule has 0 bridgehead atoms. The fourth-order valence-corrected chi connectivity index (χ4v) is 0.982. The van der Waals surface area contributed by atoms with Crippen LogP contribution in [0.4, 0.5) is 0 Å². The first kappa shape index (κ1) is 12.9. The predicted molar refractivity (Wildman–Crippen MR) is 54.6 cm³/mol. The lowest BCUT2D eigenvalue weighted by Gasteiger charge is -2.20. The maximum absolute atomic E-state index is 9.48. The van der Waals surface area contributed by atoms with E-state index in [1.54, 1.807) is 6.92 Å². The number of nitrogens with two attached hydrogens (primary N) is 1. The average molecular weight is 189 g/mol. The van der Waals surface area contributed by atoms with Gasteiger partial charge in [-0.2, -0.15) is 0 Å². The Hall–Kier alpha value is -0.120. The van der Waals surface area contributed by atoms with Crippen molar-refractivity contribution in [3.63, 3.8) is 0 Å². The number of aliphatic hydroxyl groups is 1. The predicted octanol–water partition coefficient (Wildman–Crippen LogP) is 1.29. The minimum atomic E-state index is -0.856. The van der Waals surface area contributed by atoms with Gasteiger partial charge in [0.2, 0.25) is 0 Å². The molecule has 0 aliphatic carbocycles. The summed E-state index contributed by atoms with van der Waals surface area (Å²) in [5, 5.41) is 9.48. The Kier molecular flexibility index (Phi) is 7.23. The Labute approximate surface area is 81.3 Å². The molecule has 80 valence electrons. The molecule has 0 saturated carbocycles. The van der Waals surface area contributed by atoms with Crippen molar-refractivity contribution in [1.82, 2.24) is 0 Å². The standard InChI is InChI=1S/C10H23NO2/c1-3-4-5-6-7-13-9-10(2,12)8-11/h12H,3-9,11H2,1-2H3. The Bertz CT molecular complexity index is 115. The molecular formula is C10H23NO2. The van der Waals surface area contributed by atoms with Gasteiger partial charge in [0.15, 0.2) is 0 Å². The Morgan fingerprint density at radius 1 is 1.31 bits per heavy atom. The van der Waals surface area contributed by atoms with Crippen LogP contribution in [0.2, 0.25) is 0 Å². The van der Waals surface area contributed by atoms with Crippen LogP contribution in [0, 0.1) is 0 Å².